The Morgan fingerprint density at radius 2 is 2.12 bits per heavy atom. The molecule has 2 N–H and O–H groups in total. The zero-order valence-electron chi connectivity index (χ0n) is 9.27. The number of hydrogen-bond acceptors (Lipinski definition) is 5. The third-order valence-corrected chi connectivity index (χ3v) is 2.23. The van der Waals surface area contributed by atoms with Gasteiger partial charge in [0.15, 0.2) is 0 Å². The second-order valence-electron chi connectivity index (χ2n) is 3.57. The Morgan fingerprint density at radius 3 is 2.59 bits per heavy atom. The fraction of sp³-hybridized carbons (Fsp3) is 0.300. The Bertz CT molecular complexity index is 474. The predicted octanol–water partition coefficient (Wildman–Crippen LogP) is 2.40. The monoisotopic (exact) mass is 258 g/mol. The summed E-state index contributed by atoms with van der Waals surface area (Å²) in [6, 6.07) is 2.39. The summed E-state index contributed by atoms with van der Waals surface area (Å²) >= 11 is 5.78. The number of nitrogen functional groups attached to an aromatic ring is 1. The molecule has 6 nitrogen and oxygen atoms in total. The van der Waals surface area contributed by atoms with E-state index in [1.165, 1.54) is 6.07 Å². The highest BCUT2D eigenvalue weighted by Gasteiger charge is 2.24. The van der Waals surface area contributed by atoms with Crippen LogP contribution in [0, 0.1) is 10.1 Å². The number of anilines is 1. The maximum Gasteiger partial charge on any atom is 0.342 e. The Balaban J connectivity index is 3.27. The van der Waals surface area contributed by atoms with Gasteiger partial charge in [0, 0.05) is 6.07 Å². The molecule has 0 amide bonds. The minimum absolute atomic E-state index is 0.0266. The zero-order valence-corrected chi connectivity index (χ0v) is 10.0. The Kier molecular flexibility index (Phi) is 3.90. The molecule has 0 aliphatic rings. The fourth-order valence-electron chi connectivity index (χ4n) is 1.22. The van der Waals surface area contributed by atoms with Crippen LogP contribution in [-0.4, -0.2) is 17.0 Å². The van der Waals surface area contributed by atoms with Gasteiger partial charge in [0.05, 0.1) is 16.0 Å². The lowest BCUT2D eigenvalue weighted by atomic mass is 10.1. The van der Waals surface area contributed by atoms with Crippen molar-refractivity contribution in [3.63, 3.8) is 0 Å². The lowest BCUT2D eigenvalue weighted by molar-refractivity contribution is -0.383. The van der Waals surface area contributed by atoms with E-state index in [4.69, 9.17) is 22.1 Å². The molecule has 0 fully saturated rings. The average molecular weight is 259 g/mol. The van der Waals surface area contributed by atoms with E-state index in [0.717, 1.165) is 6.07 Å². The van der Waals surface area contributed by atoms with Crippen molar-refractivity contribution >= 4 is 28.9 Å². The van der Waals surface area contributed by atoms with E-state index in [0.29, 0.717) is 0 Å². The average Bonchev–Trinajstić information content (AvgIpc) is 2.15. The lowest BCUT2D eigenvalue weighted by Gasteiger charge is -2.10. The van der Waals surface area contributed by atoms with Crippen LogP contribution in [0.25, 0.3) is 0 Å². The van der Waals surface area contributed by atoms with Crippen molar-refractivity contribution in [3.8, 4) is 0 Å². The molecule has 92 valence electrons. The molecule has 0 saturated carbocycles. The Labute approximate surface area is 102 Å². The summed E-state index contributed by atoms with van der Waals surface area (Å²) in [7, 11) is 0. The SMILES string of the molecule is CC(C)OC(=O)c1c(Cl)ccc([N+](=O)[O-])c1N. The van der Waals surface area contributed by atoms with Crippen molar-refractivity contribution in [2.24, 2.45) is 0 Å². The minimum Gasteiger partial charge on any atom is -0.459 e. The second kappa shape index (κ2) is 5.01. The van der Waals surface area contributed by atoms with Gasteiger partial charge >= 0.3 is 5.97 Å². The van der Waals surface area contributed by atoms with E-state index in [9.17, 15) is 14.9 Å². The van der Waals surface area contributed by atoms with Crippen molar-refractivity contribution in [3.05, 3.63) is 32.8 Å². The predicted molar refractivity (Wildman–Crippen MR) is 63.1 cm³/mol. The molecule has 0 bridgehead atoms. The van der Waals surface area contributed by atoms with Crippen molar-refractivity contribution in [1.29, 1.82) is 0 Å². The van der Waals surface area contributed by atoms with Crippen LogP contribution in [-0.2, 0) is 4.74 Å². The van der Waals surface area contributed by atoms with E-state index in [1.54, 1.807) is 13.8 Å². The van der Waals surface area contributed by atoms with Crippen LogP contribution in [0.2, 0.25) is 5.02 Å². The van der Waals surface area contributed by atoms with Crippen LogP contribution < -0.4 is 5.73 Å². The summed E-state index contributed by atoms with van der Waals surface area (Å²) in [5.74, 6) is -0.772. The molecule has 17 heavy (non-hydrogen) atoms. The molecule has 0 spiro atoms. The molecule has 1 aromatic carbocycles. The summed E-state index contributed by atoms with van der Waals surface area (Å²) in [4.78, 5) is 21.6. The first kappa shape index (κ1) is 13.2. The maximum atomic E-state index is 11.7. The number of hydrogen-bond donors (Lipinski definition) is 1. The number of esters is 1. The van der Waals surface area contributed by atoms with Crippen LogP contribution >= 0.6 is 11.6 Å². The lowest BCUT2D eigenvalue weighted by Crippen LogP contribution is -2.14. The number of benzene rings is 1. The quantitative estimate of drug-likeness (QED) is 0.389. The summed E-state index contributed by atoms with van der Waals surface area (Å²) in [6.07, 6.45) is -0.364. The second-order valence-corrected chi connectivity index (χ2v) is 3.97. The fourth-order valence-corrected chi connectivity index (χ4v) is 1.46. The molecule has 0 radical (unpaired) electrons. The van der Waals surface area contributed by atoms with Gasteiger partial charge in [-0.2, -0.15) is 0 Å². The van der Waals surface area contributed by atoms with Crippen molar-refractivity contribution in [2.45, 2.75) is 20.0 Å². The van der Waals surface area contributed by atoms with Gasteiger partial charge in [0.1, 0.15) is 11.3 Å². The maximum absolute atomic E-state index is 11.7. The molecule has 1 rings (SSSR count). The van der Waals surface area contributed by atoms with Gasteiger partial charge in [-0.05, 0) is 19.9 Å². The number of carbonyl (C=O) groups is 1. The van der Waals surface area contributed by atoms with Crippen molar-refractivity contribution in [1.82, 2.24) is 0 Å². The van der Waals surface area contributed by atoms with E-state index in [1.807, 2.05) is 0 Å². The van der Waals surface area contributed by atoms with Crippen molar-refractivity contribution < 1.29 is 14.5 Å². The number of ether oxygens (including phenoxy) is 1. The normalized spacial score (nSPS) is 10.4. The third kappa shape index (κ3) is 2.85. The smallest absolute Gasteiger partial charge is 0.342 e. The van der Waals surface area contributed by atoms with Gasteiger partial charge in [-0.1, -0.05) is 11.6 Å². The largest absolute Gasteiger partial charge is 0.459 e. The van der Waals surface area contributed by atoms with Gasteiger partial charge in [0.2, 0.25) is 0 Å². The molecule has 0 aromatic heterocycles. The molecule has 0 atom stereocenters. The van der Waals surface area contributed by atoms with E-state index < -0.39 is 10.9 Å². The molecule has 1 aromatic rings. The molecular formula is C10H11ClN2O4. The summed E-state index contributed by atoms with van der Waals surface area (Å²) in [6.45, 7) is 3.30. The first-order chi connectivity index (χ1) is 7.84. The first-order valence-corrected chi connectivity index (χ1v) is 5.15. The minimum atomic E-state index is -0.772. The van der Waals surface area contributed by atoms with Crippen LogP contribution in [0.1, 0.15) is 24.2 Å². The Hall–Kier alpha value is -1.82. The van der Waals surface area contributed by atoms with Gasteiger partial charge in [-0.15, -0.1) is 0 Å². The number of carbonyl (C=O) groups excluding carboxylic acids is 1. The van der Waals surface area contributed by atoms with Crippen LogP contribution in [0.15, 0.2) is 12.1 Å². The van der Waals surface area contributed by atoms with E-state index in [2.05, 4.69) is 0 Å². The Morgan fingerprint density at radius 1 is 1.53 bits per heavy atom. The molecule has 0 aliphatic carbocycles. The first-order valence-electron chi connectivity index (χ1n) is 4.78. The number of nitro benzene ring substituents is 1. The third-order valence-electron chi connectivity index (χ3n) is 1.92. The summed E-state index contributed by atoms with van der Waals surface area (Å²) in [5, 5.41) is 10.7. The van der Waals surface area contributed by atoms with Gasteiger partial charge in [-0.3, -0.25) is 10.1 Å². The highest BCUT2D eigenvalue weighted by atomic mass is 35.5. The summed E-state index contributed by atoms with van der Waals surface area (Å²) in [5.41, 5.74) is 4.71. The van der Waals surface area contributed by atoms with Gasteiger partial charge in [-0.25, -0.2) is 4.79 Å². The topological polar surface area (TPSA) is 95.5 Å². The number of halogens is 1. The molecule has 0 aliphatic heterocycles. The van der Waals surface area contributed by atoms with Crippen molar-refractivity contribution in [2.75, 3.05) is 5.73 Å². The van der Waals surface area contributed by atoms with Crippen LogP contribution in [0.4, 0.5) is 11.4 Å². The number of nitrogens with two attached hydrogens (primary N) is 1. The highest BCUT2D eigenvalue weighted by molar-refractivity contribution is 6.34. The summed E-state index contributed by atoms with van der Waals surface area (Å²) < 4.78 is 4.91. The molecule has 0 unspecified atom stereocenters. The standard InChI is InChI=1S/C10H11ClN2O4/c1-5(2)17-10(14)8-6(11)3-4-7(9(8)12)13(15)16/h3-5H,12H2,1-2H3. The molecular weight excluding hydrogens is 248 g/mol. The van der Waals surface area contributed by atoms with Crippen LogP contribution in [0.3, 0.4) is 0 Å². The molecule has 7 heteroatoms. The van der Waals surface area contributed by atoms with E-state index >= 15 is 0 Å². The zero-order chi connectivity index (χ0) is 13.2. The van der Waals surface area contributed by atoms with Gasteiger partial charge < -0.3 is 10.5 Å². The molecule has 0 saturated heterocycles. The number of rotatable bonds is 3. The number of nitro groups is 1. The van der Waals surface area contributed by atoms with Crippen LogP contribution in [0.5, 0.6) is 0 Å². The van der Waals surface area contributed by atoms with Gasteiger partial charge in [0.25, 0.3) is 5.69 Å². The molecule has 0 heterocycles. The highest BCUT2D eigenvalue weighted by Crippen LogP contribution is 2.31. The number of nitrogens with zero attached hydrogens (tertiary/aromatic N) is 1. The van der Waals surface area contributed by atoms with E-state index in [-0.39, 0.29) is 28.1 Å².